The minimum Gasteiger partial charge on any atom is -0.507 e. The molecule has 6 heteroatoms. The molecule has 0 amide bonds. The number of aromatic nitrogens is 1. The van der Waals surface area contributed by atoms with Crippen LogP contribution >= 0.6 is 22.9 Å². The van der Waals surface area contributed by atoms with Gasteiger partial charge in [-0.1, -0.05) is 77.5 Å². The summed E-state index contributed by atoms with van der Waals surface area (Å²) in [5.74, 6) is 0.180. The number of anilines is 1. The Bertz CT molecular complexity index is 1110. The Morgan fingerprint density at radius 3 is 2.36 bits per heavy atom. The van der Waals surface area contributed by atoms with Crippen LogP contribution in [0, 0.1) is 0 Å². The smallest absolute Gasteiger partial charge is 0.204 e. The first kappa shape index (κ1) is 18.2. The van der Waals surface area contributed by atoms with Crippen LogP contribution in [0.3, 0.4) is 0 Å². The predicted molar refractivity (Wildman–Crippen MR) is 117 cm³/mol. The highest BCUT2D eigenvalue weighted by molar-refractivity contribution is 7.19. The van der Waals surface area contributed by atoms with Crippen molar-refractivity contribution in [3.05, 3.63) is 89.4 Å². The van der Waals surface area contributed by atoms with Gasteiger partial charge in [0.2, 0.25) is 5.13 Å². The Morgan fingerprint density at radius 2 is 1.61 bits per heavy atom. The first-order valence-electron chi connectivity index (χ1n) is 8.60. The second kappa shape index (κ2) is 8.25. The van der Waals surface area contributed by atoms with E-state index in [-0.39, 0.29) is 5.75 Å². The van der Waals surface area contributed by atoms with Gasteiger partial charge in [-0.05, 0) is 29.8 Å². The fourth-order valence-electron chi connectivity index (χ4n) is 2.71. The molecule has 0 saturated heterocycles. The zero-order valence-electron chi connectivity index (χ0n) is 14.7. The fraction of sp³-hybridized carbons (Fsp3) is 0. The van der Waals surface area contributed by atoms with Crippen molar-refractivity contribution >= 4 is 34.3 Å². The van der Waals surface area contributed by atoms with E-state index in [1.807, 2.05) is 60.7 Å². The van der Waals surface area contributed by atoms with Crippen molar-refractivity contribution in [1.29, 1.82) is 0 Å². The van der Waals surface area contributed by atoms with Gasteiger partial charge in [0.15, 0.2) is 0 Å². The molecule has 1 aromatic heterocycles. The summed E-state index contributed by atoms with van der Waals surface area (Å²) < 4.78 is 0. The van der Waals surface area contributed by atoms with Gasteiger partial charge in [0.1, 0.15) is 5.75 Å². The van der Waals surface area contributed by atoms with E-state index in [1.54, 1.807) is 24.4 Å². The third-order valence-corrected chi connectivity index (χ3v) is 5.34. The van der Waals surface area contributed by atoms with E-state index in [1.165, 1.54) is 11.3 Å². The molecule has 4 aromatic rings. The monoisotopic (exact) mass is 405 g/mol. The van der Waals surface area contributed by atoms with Crippen LogP contribution in [0.5, 0.6) is 5.75 Å². The minimum atomic E-state index is 0.180. The van der Waals surface area contributed by atoms with Gasteiger partial charge in [-0.15, -0.1) is 0 Å². The molecule has 0 aliphatic heterocycles. The van der Waals surface area contributed by atoms with E-state index in [0.29, 0.717) is 15.7 Å². The van der Waals surface area contributed by atoms with Crippen LogP contribution in [-0.4, -0.2) is 16.3 Å². The number of rotatable bonds is 5. The molecule has 1 heterocycles. The molecule has 0 aliphatic rings. The molecule has 0 radical (unpaired) electrons. The Kier molecular flexibility index (Phi) is 5.37. The van der Waals surface area contributed by atoms with Crippen molar-refractivity contribution in [3.63, 3.8) is 0 Å². The normalized spacial score (nSPS) is 11.0. The molecule has 4 nitrogen and oxygen atoms in total. The SMILES string of the molecule is Oc1ccccc1/C=N\Nc1nc(-c2ccccc2)c(-c2ccc(Cl)cc2)s1. The first-order valence-corrected chi connectivity index (χ1v) is 9.79. The van der Waals surface area contributed by atoms with Crippen LogP contribution in [0.1, 0.15) is 5.56 Å². The van der Waals surface area contributed by atoms with Gasteiger partial charge in [0.25, 0.3) is 0 Å². The highest BCUT2D eigenvalue weighted by atomic mass is 35.5. The van der Waals surface area contributed by atoms with Crippen molar-refractivity contribution in [2.24, 2.45) is 5.10 Å². The standard InChI is InChI=1S/C22H16ClN3OS/c23-18-12-10-16(11-13-18)21-20(15-6-2-1-3-7-15)25-22(28-21)26-24-14-17-8-4-5-9-19(17)27/h1-14,27H,(H,25,26)/b24-14-. The lowest BCUT2D eigenvalue weighted by molar-refractivity contribution is 0.474. The molecule has 0 spiro atoms. The second-order valence-electron chi connectivity index (χ2n) is 6.00. The van der Waals surface area contributed by atoms with Gasteiger partial charge in [-0.25, -0.2) is 4.98 Å². The molecule has 0 atom stereocenters. The number of para-hydroxylation sites is 1. The van der Waals surface area contributed by atoms with Crippen molar-refractivity contribution in [2.75, 3.05) is 5.43 Å². The van der Waals surface area contributed by atoms with Crippen molar-refractivity contribution in [1.82, 2.24) is 4.98 Å². The quantitative estimate of drug-likeness (QED) is 0.303. The lowest BCUT2D eigenvalue weighted by Crippen LogP contribution is -1.90. The predicted octanol–water partition coefficient (Wildman–Crippen LogP) is 6.28. The number of benzene rings is 3. The minimum absolute atomic E-state index is 0.180. The van der Waals surface area contributed by atoms with Crippen LogP contribution in [-0.2, 0) is 0 Å². The van der Waals surface area contributed by atoms with Gasteiger partial charge in [0, 0.05) is 16.1 Å². The number of aromatic hydroxyl groups is 1. The molecule has 0 saturated carbocycles. The molecule has 28 heavy (non-hydrogen) atoms. The zero-order chi connectivity index (χ0) is 19.3. The maximum absolute atomic E-state index is 9.83. The number of halogens is 1. The number of phenolic OH excluding ortho intramolecular Hbond substituents is 1. The van der Waals surface area contributed by atoms with Gasteiger partial charge >= 0.3 is 0 Å². The highest BCUT2D eigenvalue weighted by Gasteiger charge is 2.14. The summed E-state index contributed by atoms with van der Waals surface area (Å²) in [5.41, 5.74) is 6.56. The topological polar surface area (TPSA) is 57.5 Å². The van der Waals surface area contributed by atoms with Gasteiger partial charge in [-0.3, -0.25) is 5.43 Å². The molecule has 3 aromatic carbocycles. The van der Waals surface area contributed by atoms with E-state index in [9.17, 15) is 5.11 Å². The number of thiazole rings is 1. The summed E-state index contributed by atoms with van der Waals surface area (Å²) in [6.45, 7) is 0. The third kappa shape index (κ3) is 4.06. The Morgan fingerprint density at radius 1 is 0.893 bits per heavy atom. The Hall–Kier alpha value is -3.15. The van der Waals surface area contributed by atoms with Crippen LogP contribution in [0.15, 0.2) is 84.0 Å². The molecule has 0 aliphatic carbocycles. The number of phenols is 1. The summed E-state index contributed by atoms with van der Waals surface area (Å²) in [5, 5.41) is 15.4. The van der Waals surface area contributed by atoms with E-state index in [4.69, 9.17) is 16.6 Å². The lowest BCUT2D eigenvalue weighted by atomic mass is 10.1. The zero-order valence-corrected chi connectivity index (χ0v) is 16.3. The van der Waals surface area contributed by atoms with Crippen molar-refractivity contribution in [3.8, 4) is 27.4 Å². The fourth-order valence-corrected chi connectivity index (χ4v) is 3.78. The van der Waals surface area contributed by atoms with E-state index in [0.717, 1.165) is 21.7 Å². The summed E-state index contributed by atoms with van der Waals surface area (Å²) in [6.07, 6.45) is 1.57. The summed E-state index contributed by atoms with van der Waals surface area (Å²) in [4.78, 5) is 5.76. The molecule has 0 bridgehead atoms. The van der Waals surface area contributed by atoms with Gasteiger partial charge in [0.05, 0.1) is 16.8 Å². The largest absolute Gasteiger partial charge is 0.507 e. The Balaban J connectivity index is 1.67. The second-order valence-corrected chi connectivity index (χ2v) is 7.43. The van der Waals surface area contributed by atoms with Crippen LogP contribution in [0.4, 0.5) is 5.13 Å². The van der Waals surface area contributed by atoms with Crippen molar-refractivity contribution in [2.45, 2.75) is 0 Å². The average molecular weight is 406 g/mol. The molecule has 0 unspecified atom stereocenters. The summed E-state index contributed by atoms with van der Waals surface area (Å²) >= 11 is 7.55. The number of nitrogens with one attached hydrogen (secondary N) is 1. The lowest BCUT2D eigenvalue weighted by Gasteiger charge is -2.02. The van der Waals surface area contributed by atoms with E-state index >= 15 is 0 Å². The van der Waals surface area contributed by atoms with Crippen LogP contribution in [0.2, 0.25) is 5.02 Å². The molecular formula is C22H16ClN3OS. The Labute approximate surface area is 171 Å². The molecule has 138 valence electrons. The van der Waals surface area contributed by atoms with Crippen LogP contribution in [0.25, 0.3) is 21.7 Å². The van der Waals surface area contributed by atoms with Gasteiger partial charge in [-0.2, -0.15) is 5.10 Å². The highest BCUT2D eigenvalue weighted by Crippen LogP contribution is 2.39. The van der Waals surface area contributed by atoms with E-state index in [2.05, 4.69) is 10.5 Å². The van der Waals surface area contributed by atoms with Crippen molar-refractivity contribution < 1.29 is 5.11 Å². The van der Waals surface area contributed by atoms with Gasteiger partial charge < -0.3 is 5.11 Å². The summed E-state index contributed by atoms with van der Waals surface area (Å²) in [7, 11) is 0. The average Bonchev–Trinajstić information content (AvgIpc) is 3.15. The maximum Gasteiger partial charge on any atom is 0.204 e. The number of nitrogens with zero attached hydrogens (tertiary/aromatic N) is 2. The molecule has 4 rings (SSSR count). The number of hydrogen-bond donors (Lipinski definition) is 2. The third-order valence-electron chi connectivity index (χ3n) is 4.08. The number of hydrogen-bond acceptors (Lipinski definition) is 5. The molecular weight excluding hydrogens is 390 g/mol. The van der Waals surface area contributed by atoms with E-state index < -0.39 is 0 Å². The maximum atomic E-state index is 9.83. The summed E-state index contributed by atoms with van der Waals surface area (Å²) in [6, 6.07) is 24.8. The number of hydrazone groups is 1. The molecule has 2 N–H and O–H groups in total. The molecule has 0 fully saturated rings. The van der Waals surface area contributed by atoms with Crippen LogP contribution < -0.4 is 5.43 Å². The first-order chi connectivity index (χ1) is 13.7.